The van der Waals surface area contributed by atoms with Gasteiger partial charge in [0.15, 0.2) is 0 Å². The van der Waals surface area contributed by atoms with E-state index in [1.54, 1.807) is 0 Å². The molecule has 16 heavy (non-hydrogen) atoms. The van der Waals surface area contributed by atoms with Gasteiger partial charge in [-0.3, -0.25) is 0 Å². The predicted octanol–water partition coefficient (Wildman–Crippen LogP) is 2.16. The molecule has 1 aromatic rings. The fourth-order valence-corrected chi connectivity index (χ4v) is 2.82. The summed E-state index contributed by atoms with van der Waals surface area (Å²) in [6.07, 6.45) is 1.06. The Bertz CT molecular complexity index is 473. The molecule has 0 aliphatic rings. The van der Waals surface area contributed by atoms with Gasteiger partial charge in [-0.2, -0.15) is 0 Å². The summed E-state index contributed by atoms with van der Waals surface area (Å²) in [6.45, 7) is 0. The van der Waals surface area contributed by atoms with Crippen LogP contribution in [0.3, 0.4) is 0 Å². The van der Waals surface area contributed by atoms with Crippen molar-refractivity contribution in [1.82, 2.24) is 0 Å². The Morgan fingerprint density at radius 2 is 2.12 bits per heavy atom. The van der Waals surface area contributed by atoms with E-state index in [9.17, 15) is 12.8 Å². The zero-order valence-corrected chi connectivity index (χ0v) is 10.5. The second kappa shape index (κ2) is 5.01. The molecule has 1 atom stereocenters. The first-order valence-electron chi connectivity index (χ1n) is 4.48. The lowest BCUT2D eigenvalue weighted by Gasteiger charge is -2.10. The van der Waals surface area contributed by atoms with Crippen molar-refractivity contribution in [1.29, 1.82) is 0 Å². The van der Waals surface area contributed by atoms with Crippen molar-refractivity contribution in [2.75, 3.05) is 19.1 Å². The standard InChI is InChI=1S/C10H12ClFO3S/c1-15-7-3-4-8(10(12)5-7)9(11)6-16(2,13)14/h3-5,9H,6H2,1-2H3. The first kappa shape index (κ1) is 13.3. The SMILES string of the molecule is COc1ccc(C(Cl)CS(C)(=O)=O)c(F)c1. The van der Waals surface area contributed by atoms with Gasteiger partial charge < -0.3 is 4.74 Å². The highest BCUT2D eigenvalue weighted by Crippen LogP contribution is 2.27. The third kappa shape index (κ3) is 3.64. The number of ether oxygens (including phenoxy) is 1. The van der Waals surface area contributed by atoms with Gasteiger partial charge in [0.05, 0.1) is 18.2 Å². The van der Waals surface area contributed by atoms with Crippen LogP contribution in [0.5, 0.6) is 5.75 Å². The van der Waals surface area contributed by atoms with Crippen LogP contribution < -0.4 is 4.74 Å². The van der Waals surface area contributed by atoms with E-state index in [1.165, 1.54) is 25.3 Å². The molecule has 0 aliphatic heterocycles. The maximum Gasteiger partial charge on any atom is 0.149 e. The molecule has 1 unspecified atom stereocenters. The fraction of sp³-hybridized carbons (Fsp3) is 0.400. The summed E-state index contributed by atoms with van der Waals surface area (Å²) < 4.78 is 40.4. The van der Waals surface area contributed by atoms with E-state index in [2.05, 4.69) is 0 Å². The molecule has 90 valence electrons. The number of sulfone groups is 1. The molecular formula is C10H12ClFO3S. The minimum atomic E-state index is -3.23. The average Bonchev–Trinajstić information content (AvgIpc) is 2.14. The lowest BCUT2D eigenvalue weighted by atomic mass is 10.1. The molecule has 0 heterocycles. The van der Waals surface area contributed by atoms with Crippen molar-refractivity contribution in [2.24, 2.45) is 0 Å². The molecule has 0 N–H and O–H groups in total. The topological polar surface area (TPSA) is 43.4 Å². The van der Waals surface area contributed by atoms with Crippen LogP contribution in [0, 0.1) is 5.82 Å². The number of methoxy groups -OCH3 is 1. The van der Waals surface area contributed by atoms with Gasteiger partial charge in [0.25, 0.3) is 0 Å². The average molecular weight is 267 g/mol. The van der Waals surface area contributed by atoms with Crippen LogP contribution in [-0.4, -0.2) is 27.5 Å². The highest BCUT2D eigenvalue weighted by molar-refractivity contribution is 7.90. The first-order chi connectivity index (χ1) is 7.33. The second-order valence-electron chi connectivity index (χ2n) is 3.45. The third-order valence-electron chi connectivity index (χ3n) is 1.99. The highest BCUT2D eigenvalue weighted by atomic mass is 35.5. The van der Waals surface area contributed by atoms with Gasteiger partial charge in [-0.25, -0.2) is 12.8 Å². The molecule has 0 fully saturated rings. The Labute approximate surface area is 99.1 Å². The van der Waals surface area contributed by atoms with Crippen molar-refractivity contribution in [3.05, 3.63) is 29.6 Å². The lowest BCUT2D eigenvalue weighted by molar-refractivity contribution is 0.410. The van der Waals surface area contributed by atoms with Crippen LogP contribution in [0.15, 0.2) is 18.2 Å². The Kier molecular flexibility index (Phi) is 4.15. The monoisotopic (exact) mass is 266 g/mol. The van der Waals surface area contributed by atoms with E-state index in [4.69, 9.17) is 16.3 Å². The number of rotatable bonds is 4. The van der Waals surface area contributed by atoms with Crippen molar-refractivity contribution < 1.29 is 17.5 Å². The summed E-state index contributed by atoms with van der Waals surface area (Å²) in [7, 11) is -1.81. The molecule has 0 saturated carbocycles. The molecule has 0 spiro atoms. The first-order valence-corrected chi connectivity index (χ1v) is 6.98. The van der Waals surface area contributed by atoms with Gasteiger partial charge in [0, 0.05) is 17.9 Å². The number of alkyl halides is 1. The van der Waals surface area contributed by atoms with Gasteiger partial charge in [0.1, 0.15) is 21.4 Å². The van der Waals surface area contributed by atoms with E-state index in [-0.39, 0.29) is 11.3 Å². The van der Waals surface area contributed by atoms with Gasteiger partial charge in [-0.05, 0) is 6.07 Å². The van der Waals surface area contributed by atoms with E-state index >= 15 is 0 Å². The number of benzene rings is 1. The van der Waals surface area contributed by atoms with E-state index in [0.717, 1.165) is 6.26 Å². The molecule has 1 aromatic carbocycles. The van der Waals surface area contributed by atoms with Crippen molar-refractivity contribution in [3.8, 4) is 5.75 Å². The molecule has 0 saturated heterocycles. The molecule has 0 radical (unpaired) electrons. The van der Waals surface area contributed by atoms with Crippen LogP contribution in [0.4, 0.5) is 4.39 Å². The number of halogens is 2. The summed E-state index contributed by atoms with van der Waals surface area (Å²) >= 11 is 5.83. The minimum Gasteiger partial charge on any atom is -0.497 e. The lowest BCUT2D eigenvalue weighted by Crippen LogP contribution is -2.10. The summed E-state index contributed by atoms with van der Waals surface area (Å²) in [5.41, 5.74) is 0.160. The summed E-state index contributed by atoms with van der Waals surface area (Å²) in [4.78, 5) is 0. The molecule has 0 amide bonds. The summed E-state index contributed by atoms with van der Waals surface area (Å²) in [5.74, 6) is -0.495. The van der Waals surface area contributed by atoms with E-state index < -0.39 is 21.0 Å². The third-order valence-corrected chi connectivity index (χ3v) is 3.51. The maximum absolute atomic E-state index is 13.5. The van der Waals surface area contributed by atoms with Crippen molar-refractivity contribution in [2.45, 2.75) is 5.38 Å². The smallest absolute Gasteiger partial charge is 0.149 e. The van der Waals surface area contributed by atoms with Crippen LogP contribution in [0.1, 0.15) is 10.9 Å². The summed E-state index contributed by atoms with van der Waals surface area (Å²) in [6, 6.07) is 4.14. The van der Waals surface area contributed by atoms with Gasteiger partial charge in [-0.1, -0.05) is 6.07 Å². The molecule has 6 heteroatoms. The van der Waals surface area contributed by atoms with E-state index in [0.29, 0.717) is 5.75 Å². The van der Waals surface area contributed by atoms with Crippen LogP contribution >= 0.6 is 11.6 Å². The zero-order valence-electron chi connectivity index (χ0n) is 8.91. The number of hydrogen-bond donors (Lipinski definition) is 0. The normalized spacial score (nSPS) is 13.5. The van der Waals surface area contributed by atoms with Gasteiger partial charge in [0.2, 0.25) is 0 Å². The van der Waals surface area contributed by atoms with Gasteiger partial charge >= 0.3 is 0 Å². The van der Waals surface area contributed by atoms with Crippen LogP contribution in [-0.2, 0) is 9.84 Å². The molecule has 0 aromatic heterocycles. The molecule has 0 bridgehead atoms. The van der Waals surface area contributed by atoms with Crippen LogP contribution in [0.25, 0.3) is 0 Å². The Morgan fingerprint density at radius 3 is 2.56 bits per heavy atom. The van der Waals surface area contributed by atoms with Crippen molar-refractivity contribution in [3.63, 3.8) is 0 Å². The quantitative estimate of drug-likeness (QED) is 0.785. The molecule has 0 aliphatic carbocycles. The Balaban J connectivity index is 2.96. The molecule has 1 rings (SSSR count). The maximum atomic E-state index is 13.5. The predicted molar refractivity (Wildman–Crippen MR) is 61.3 cm³/mol. The van der Waals surface area contributed by atoms with E-state index in [1.807, 2.05) is 0 Å². The zero-order chi connectivity index (χ0) is 12.3. The Hall–Kier alpha value is -0.810. The van der Waals surface area contributed by atoms with Crippen molar-refractivity contribution >= 4 is 21.4 Å². The Morgan fingerprint density at radius 1 is 1.50 bits per heavy atom. The minimum absolute atomic E-state index is 0.160. The number of hydrogen-bond acceptors (Lipinski definition) is 3. The summed E-state index contributed by atoms with van der Waals surface area (Å²) in [5, 5.41) is -0.888. The largest absolute Gasteiger partial charge is 0.497 e. The highest BCUT2D eigenvalue weighted by Gasteiger charge is 2.18. The molecular weight excluding hydrogens is 255 g/mol. The second-order valence-corrected chi connectivity index (χ2v) is 6.16. The van der Waals surface area contributed by atoms with Crippen LogP contribution in [0.2, 0.25) is 0 Å². The fourth-order valence-electron chi connectivity index (χ4n) is 1.24. The molecule has 3 nitrogen and oxygen atoms in total. The van der Waals surface area contributed by atoms with Gasteiger partial charge in [-0.15, -0.1) is 11.6 Å².